The van der Waals surface area contributed by atoms with Crippen molar-refractivity contribution in [1.82, 2.24) is 5.32 Å². The van der Waals surface area contributed by atoms with Gasteiger partial charge < -0.3 is 19.5 Å². The Morgan fingerprint density at radius 1 is 1.05 bits per heavy atom. The lowest BCUT2D eigenvalue weighted by Crippen LogP contribution is -2.34. The monoisotopic (exact) mass is 353 g/mol. The average molecular weight is 354 g/mol. The Bertz CT molecular complexity index is 544. The van der Waals surface area contributed by atoms with Gasteiger partial charge in [-0.1, -0.05) is 0 Å². The largest absolute Gasteiger partial charge is 0.490 e. The van der Waals surface area contributed by atoms with Crippen molar-refractivity contribution >= 4 is 15.9 Å². The van der Waals surface area contributed by atoms with E-state index in [0.29, 0.717) is 0 Å². The zero-order valence-electron chi connectivity index (χ0n) is 12.4. The Balaban J connectivity index is 1.88. The highest BCUT2D eigenvalue weighted by Crippen LogP contribution is 2.51. The van der Waals surface area contributed by atoms with Crippen LogP contribution in [0.15, 0.2) is 4.47 Å². The first-order chi connectivity index (χ1) is 10.1. The number of hydrogen-bond acceptors (Lipinski definition) is 4. The molecule has 0 saturated carbocycles. The molecule has 0 amide bonds. The van der Waals surface area contributed by atoms with E-state index in [4.69, 9.17) is 14.2 Å². The van der Waals surface area contributed by atoms with Gasteiger partial charge in [0.1, 0.15) is 23.7 Å². The summed E-state index contributed by atoms with van der Waals surface area (Å²) in [5.74, 6) is 2.03. The van der Waals surface area contributed by atoms with Gasteiger partial charge in [-0.25, -0.2) is 0 Å². The van der Waals surface area contributed by atoms with Crippen molar-refractivity contribution in [3.63, 3.8) is 0 Å². The molecule has 4 rings (SSSR count). The zero-order chi connectivity index (χ0) is 14.6. The van der Waals surface area contributed by atoms with Crippen molar-refractivity contribution in [2.45, 2.75) is 45.0 Å². The maximum Gasteiger partial charge on any atom is 0.138 e. The van der Waals surface area contributed by atoms with Crippen LogP contribution in [-0.4, -0.2) is 31.9 Å². The van der Waals surface area contributed by atoms with Crippen LogP contribution in [0.4, 0.5) is 0 Å². The van der Waals surface area contributed by atoms with Gasteiger partial charge in [0, 0.05) is 42.6 Å². The van der Waals surface area contributed by atoms with Crippen molar-refractivity contribution in [2.75, 3.05) is 19.7 Å². The van der Waals surface area contributed by atoms with Crippen LogP contribution in [0.3, 0.4) is 0 Å². The van der Waals surface area contributed by atoms with Crippen molar-refractivity contribution in [3.8, 4) is 11.5 Å². The van der Waals surface area contributed by atoms with E-state index in [-0.39, 0.29) is 18.3 Å². The van der Waals surface area contributed by atoms with E-state index in [0.717, 1.165) is 48.5 Å². The minimum Gasteiger partial charge on any atom is -0.490 e. The lowest BCUT2D eigenvalue weighted by molar-refractivity contribution is 0.0252. The molecule has 3 aliphatic rings. The third-order valence-electron chi connectivity index (χ3n) is 4.45. The van der Waals surface area contributed by atoms with Gasteiger partial charge >= 0.3 is 0 Å². The molecule has 0 radical (unpaired) electrons. The topological polar surface area (TPSA) is 39.7 Å². The molecular weight excluding hydrogens is 334 g/mol. The average Bonchev–Trinajstić information content (AvgIpc) is 3.03. The fourth-order valence-electron chi connectivity index (χ4n) is 3.59. The molecule has 1 fully saturated rings. The molecule has 0 spiro atoms. The van der Waals surface area contributed by atoms with E-state index < -0.39 is 0 Å². The van der Waals surface area contributed by atoms with Crippen LogP contribution in [0.2, 0.25) is 0 Å². The fraction of sp³-hybridized carbons (Fsp3) is 0.625. The summed E-state index contributed by atoms with van der Waals surface area (Å²) < 4.78 is 19.3. The highest BCUT2D eigenvalue weighted by atomic mass is 79.9. The maximum atomic E-state index is 6.14. The number of hydrogen-bond donors (Lipinski definition) is 1. The van der Waals surface area contributed by atoms with Gasteiger partial charge in [0.2, 0.25) is 0 Å². The van der Waals surface area contributed by atoms with Crippen molar-refractivity contribution in [2.24, 2.45) is 0 Å². The molecule has 3 aliphatic heterocycles. The number of morpholine rings is 1. The number of fused-ring (bicyclic) bond motifs is 2. The Morgan fingerprint density at radius 3 is 2.48 bits per heavy atom. The van der Waals surface area contributed by atoms with Gasteiger partial charge in [-0.3, -0.25) is 0 Å². The highest BCUT2D eigenvalue weighted by molar-refractivity contribution is 9.10. The second-order valence-electron chi connectivity index (χ2n) is 6.17. The van der Waals surface area contributed by atoms with Gasteiger partial charge in [-0.15, -0.1) is 0 Å². The summed E-state index contributed by atoms with van der Waals surface area (Å²) in [6, 6.07) is 0. The summed E-state index contributed by atoms with van der Waals surface area (Å²) in [5.41, 5.74) is 3.71. The zero-order valence-corrected chi connectivity index (χ0v) is 14.0. The van der Waals surface area contributed by atoms with Crippen LogP contribution in [0.25, 0.3) is 0 Å². The van der Waals surface area contributed by atoms with Crippen molar-refractivity contribution < 1.29 is 14.2 Å². The first-order valence-electron chi connectivity index (χ1n) is 7.68. The van der Waals surface area contributed by atoms with E-state index in [2.05, 4.69) is 35.1 Å². The van der Waals surface area contributed by atoms with Crippen LogP contribution in [0.1, 0.15) is 36.6 Å². The second-order valence-corrected chi connectivity index (χ2v) is 6.96. The molecular formula is C16H20BrNO3. The Labute approximate surface area is 133 Å². The first kappa shape index (κ1) is 13.9. The molecule has 21 heavy (non-hydrogen) atoms. The third-order valence-corrected chi connectivity index (χ3v) is 5.29. The molecule has 0 aromatic heterocycles. The third kappa shape index (κ3) is 2.17. The highest BCUT2D eigenvalue weighted by Gasteiger charge is 2.38. The summed E-state index contributed by atoms with van der Waals surface area (Å²) in [4.78, 5) is 0. The van der Waals surface area contributed by atoms with Gasteiger partial charge in [-0.05, 0) is 29.8 Å². The van der Waals surface area contributed by atoms with Gasteiger partial charge in [0.25, 0.3) is 0 Å². The van der Waals surface area contributed by atoms with E-state index in [9.17, 15) is 0 Å². The maximum absolute atomic E-state index is 6.14. The van der Waals surface area contributed by atoms with Crippen molar-refractivity contribution in [1.29, 1.82) is 0 Å². The summed E-state index contributed by atoms with van der Waals surface area (Å²) in [5, 5.41) is 3.42. The SMILES string of the molecule is CC1Cc2c(c(Br)c3c(c2C2CNCCO2)OC(C)C3)O1. The lowest BCUT2D eigenvalue weighted by atomic mass is 9.94. The normalized spacial score (nSPS) is 30.5. The summed E-state index contributed by atoms with van der Waals surface area (Å²) in [6.45, 7) is 6.74. The minimum absolute atomic E-state index is 0.0635. The Kier molecular flexibility index (Phi) is 3.39. The predicted molar refractivity (Wildman–Crippen MR) is 83.3 cm³/mol. The lowest BCUT2D eigenvalue weighted by Gasteiger charge is -2.27. The predicted octanol–water partition coefficient (Wildman–Crippen LogP) is 2.76. The van der Waals surface area contributed by atoms with Crippen LogP contribution >= 0.6 is 15.9 Å². The molecule has 3 atom stereocenters. The molecule has 3 unspecified atom stereocenters. The van der Waals surface area contributed by atoms with Crippen LogP contribution in [0, 0.1) is 0 Å². The van der Waals surface area contributed by atoms with E-state index in [1.165, 1.54) is 16.7 Å². The number of ether oxygens (including phenoxy) is 3. The number of rotatable bonds is 1. The van der Waals surface area contributed by atoms with Gasteiger partial charge in [0.15, 0.2) is 0 Å². The molecule has 1 saturated heterocycles. The van der Waals surface area contributed by atoms with Crippen LogP contribution in [0.5, 0.6) is 11.5 Å². The summed E-state index contributed by atoms with van der Waals surface area (Å²) in [7, 11) is 0. The molecule has 0 aliphatic carbocycles. The Morgan fingerprint density at radius 2 is 1.76 bits per heavy atom. The molecule has 4 nitrogen and oxygen atoms in total. The fourth-order valence-corrected chi connectivity index (χ4v) is 4.26. The van der Waals surface area contributed by atoms with E-state index in [1.807, 2.05) is 0 Å². The number of nitrogens with one attached hydrogen (secondary N) is 1. The van der Waals surface area contributed by atoms with E-state index >= 15 is 0 Å². The molecule has 1 N–H and O–H groups in total. The second kappa shape index (κ2) is 5.14. The summed E-state index contributed by atoms with van der Waals surface area (Å²) >= 11 is 3.73. The Hall–Kier alpha value is -0.780. The van der Waals surface area contributed by atoms with Gasteiger partial charge in [0.05, 0.1) is 17.2 Å². The van der Waals surface area contributed by atoms with Crippen LogP contribution in [-0.2, 0) is 17.6 Å². The van der Waals surface area contributed by atoms with E-state index in [1.54, 1.807) is 0 Å². The number of halogens is 1. The molecule has 5 heteroatoms. The molecule has 3 heterocycles. The van der Waals surface area contributed by atoms with Crippen LogP contribution < -0.4 is 14.8 Å². The molecule has 1 aromatic carbocycles. The van der Waals surface area contributed by atoms with Gasteiger partial charge in [-0.2, -0.15) is 0 Å². The minimum atomic E-state index is 0.0635. The first-order valence-corrected chi connectivity index (χ1v) is 8.47. The number of benzene rings is 1. The molecule has 114 valence electrons. The standard InChI is InChI=1S/C16H20BrNO3/c1-8-5-10-13(12-7-18-3-4-19-12)15-11(6-9(2)20-15)14(17)16(10)21-8/h8-9,12,18H,3-7H2,1-2H3. The molecule has 0 bridgehead atoms. The summed E-state index contributed by atoms with van der Waals surface area (Å²) in [6.07, 6.45) is 2.34. The van der Waals surface area contributed by atoms with Crippen molar-refractivity contribution in [3.05, 3.63) is 21.2 Å². The molecule has 1 aromatic rings. The quantitative estimate of drug-likeness (QED) is 0.842. The smallest absolute Gasteiger partial charge is 0.138 e.